The Labute approximate surface area is 178 Å². The highest BCUT2D eigenvalue weighted by Gasteiger charge is 2.56. The van der Waals surface area contributed by atoms with Gasteiger partial charge in [0.2, 0.25) is 11.9 Å². The maximum absolute atomic E-state index is 13.5. The number of nitrogens with zero attached hydrogens (tertiary/aromatic N) is 4. The molecule has 2 aromatic rings. The largest absolute Gasteiger partial charge is 0.277 e. The van der Waals surface area contributed by atoms with Crippen molar-refractivity contribution in [1.29, 1.82) is 0 Å². The summed E-state index contributed by atoms with van der Waals surface area (Å²) in [4.78, 5) is 20.7. The molecule has 2 unspecified atom stereocenters. The maximum Gasteiger partial charge on any atom is 0.232 e. The van der Waals surface area contributed by atoms with E-state index in [2.05, 4.69) is 40.8 Å². The lowest BCUT2D eigenvalue weighted by Gasteiger charge is -2.55. The van der Waals surface area contributed by atoms with E-state index in [9.17, 15) is 4.79 Å². The first-order chi connectivity index (χ1) is 14.7. The maximum atomic E-state index is 13.5. The lowest BCUT2D eigenvalue weighted by atomic mass is 9.64. The summed E-state index contributed by atoms with van der Waals surface area (Å²) in [5, 5.41) is 5.17. The Morgan fingerprint density at radius 1 is 1.00 bits per heavy atom. The minimum Gasteiger partial charge on any atom is -0.277 e. The summed E-state index contributed by atoms with van der Waals surface area (Å²) in [6.07, 6.45) is 13.1. The van der Waals surface area contributed by atoms with Gasteiger partial charge in [-0.2, -0.15) is 4.98 Å². The molecule has 1 spiro atoms. The molecule has 1 aromatic carbocycles. The molecule has 158 valence electrons. The number of hydrogen-bond donors (Lipinski definition) is 0. The Kier molecular flexibility index (Phi) is 4.29. The van der Waals surface area contributed by atoms with Crippen LogP contribution in [0, 0.1) is 18.8 Å². The van der Waals surface area contributed by atoms with E-state index in [1.165, 1.54) is 56.9 Å². The fourth-order valence-corrected chi connectivity index (χ4v) is 6.58. The van der Waals surface area contributed by atoms with Gasteiger partial charge in [-0.1, -0.05) is 56.4 Å². The quantitative estimate of drug-likeness (QED) is 0.689. The highest BCUT2D eigenvalue weighted by Crippen LogP contribution is 2.54. The monoisotopic (exact) mass is 404 g/mol. The Hall–Kier alpha value is -2.17. The predicted octanol–water partition coefficient (Wildman–Crippen LogP) is 5.23. The van der Waals surface area contributed by atoms with Gasteiger partial charge in [0.25, 0.3) is 0 Å². The SMILES string of the molecule is Cc1ccccc1-c1nc2n(n1)C1(CCCCC1)C1CCCCC1N2C(=O)C1CC1. The van der Waals surface area contributed by atoms with Crippen molar-refractivity contribution >= 4 is 11.9 Å². The van der Waals surface area contributed by atoms with Gasteiger partial charge in [0.1, 0.15) is 0 Å². The van der Waals surface area contributed by atoms with Gasteiger partial charge >= 0.3 is 0 Å². The van der Waals surface area contributed by atoms with Gasteiger partial charge in [0.15, 0.2) is 5.82 Å². The molecular formula is C25H32N4O. The van der Waals surface area contributed by atoms with Gasteiger partial charge in [0.05, 0.1) is 5.54 Å². The Morgan fingerprint density at radius 2 is 1.77 bits per heavy atom. The van der Waals surface area contributed by atoms with Crippen molar-refractivity contribution in [2.45, 2.75) is 89.1 Å². The number of benzene rings is 1. The van der Waals surface area contributed by atoms with Gasteiger partial charge in [-0.05, 0) is 51.0 Å². The Morgan fingerprint density at radius 3 is 2.53 bits per heavy atom. The molecule has 30 heavy (non-hydrogen) atoms. The van der Waals surface area contributed by atoms with Crippen molar-refractivity contribution in [1.82, 2.24) is 14.8 Å². The van der Waals surface area contributed by atoms with Crippen LogP contribution < -0.4 is 4.90 Å². The first kappa shape index (κ1) is 18.6. The lowest BCUT2D eigenvalue weighted by Crippen LogP contribution is -2.61. The third-order valence-corrected chi connectivity index (χ3v) is 8.25. The van der Waals surface area contributed by atoms with Gasteiger partial charge in [0, 0.05) is 23.4 Å². The molecular weight excluding hydrogens is 372 g/mol. The second-order valence-corrected chi connectivity index (χ2v) is 10.1. The molecule has 1 aliphatic heterocycles. The lowest BCUT2D eigenvalue weighted by molar-refractivity contribution is -0.122. The summed E-state index contributed by atoms with van der Waals surface area (Å²) in [6, 6.07) is 8.68. The van der Waals surface area contributed by atoms with Crippen molar-refractivity contribution in [2.75, 3.05) is 4.90 Å². The molecule has 4 aliphatic rings. The third-order valence-electron chi connectivity index (χ3n) is 8.25. The standard InChI is InChI=1S/C25H32N4O/c1-17-9-3-4-10-19(17)22-26-24-28(23(30)18-13-14-18)21-12-6-5-11-20(21)25(29(24)27-22)15-7-2-8-16-25/h3-4,9-10,18,20-21H,2,5-8,11-16H2,1H3. The van der Waals surface area contributed by atoms with E-state index in [-0.39, 0.29) is 11.5 Å². The number of rotatable bonds is 2. The van der Waals surface area contributed by atoms with Crippen LogP contribution in [0.3, 0.4) is 0 Å². The van der Waals surface area contributed by atoms with E-state index >= 15 is 0 Å². The normalized spacial score (nSPS) is 27.6. The number of amides is 1. The van der Waals surface area contributed by atoms with E-state index in [4.69, 9.17) is 10.1 Å². The molecule has 3 fully saturated rings. The van der Waals surface area contributed by atoms with Crippen LogP contribution in [-0.2, 0) is 10.3 Å². The van der Waals surface area contributed by atoms with Crippen LogP contribution in [0.4, 0.5) is 5.95 Å². The minimum absolute atomic E-state index is 0.0485. The zero-order valence-electron chi connectivity index (χ0n) is 18.0. The fourth-order valence-electron chi connectivity index (χ4n) is 6.58. The summed E-state index contributed by atoms with van der Waals surface area (Å²) in [7, 11) is 0. The predicted molar refractivity (Wildman–Crippen MR) is 117 cm³/mol. The van der Waals surface area contributed by atoms with Gasteiger partial charge < -0.3 is 0 Å². The van der Waals surface area contributed by atoms with E-state index in [1.54, 1.807) is 0 Å². The van der Waals surface area contributed by atoms with Crippen LogP contribution in [0.1, 0.15) is 76.2 Å². The zero-order valence-corrected chi connectivity index (χ0v) is 18.0. The van der Waals surface area contributed by atoms with Crippen LogP contribution in [0.2, 0.25) is 0 Å². The molecule has 3 aliphatic carbocycles. The average molecular weight is 405 g/mol. The molecule has 5 heteroatoms. The summed E-state index contributed by atoms with van der Waals surface area (Å²) < 4.78 is 2.25. The number of aromatic nitrogens is 3. The van der Waals surface area contributed by atoms with Crippen LogP contribution in [0.15, 0.2) is 24.3 Å². The number of carbonyl (C=O) groups is 1. The molecule has 0 bridgehead atoms. The van der Waals surface area contributed by atoms with Crippen LogP contribution >= 0.6 is 0 Å². The van der Waals surface area contributed by atoms with Gasteiger partial charge in [-0.25, -0.2) is 4.68 Å². The Balaban J connectivity index is 1.55. The Bertz CT molecular complexity index is 969. The number of aryl methyl sites for hydroxylation is 1. The third kappa shape index (κ3) is 2.70. The van der Waals surface area contributed by atoms with E-state index < -0.39 is 0 Å². The number of carbonyl (C=O) groups excluding carboxylic acids is 1. The van der Waals surface area contributed by atoms with Crippen LogP contribution in [0.25, 0.3) is 11.4 Å². The number of fused-ring (bicyclic) bond motifs is 4. The van der Waals surface area contributed by atoms with Crippen molar-refractivity contribution in [3.05, 3.63) is 29.8 Å². The smallest absolute Gasteiger partial charge is 0.232 e. The summed E-state index contributed by atoms with van der Waals surface area (Å²) in [5.74, 6) is 2.67. The molecule has 0 N–H and O–H groups in total. The summed E-state index contributed by atoms with van der Waals surface area (Å²) >= 11 is 0. The van der Waals surface area contributed by atoms with Gasteiger partial charge in [-0.15, -0.1) is 5.10 Å². The van der Waals surface area contributed by atoms with Gasteiger partial charge in [-0.3, -0.25) is 9.69 Å². The van der Waals surface area contributed by atoms with Crippen molar-refractivity contribution in [2.24, 2.45) is 11.8 Å². The minimum atomic E-state index is 0.0485. The highest BCUT2D eigenvalue weighted by atomic mass is 16.2. The molecule has 1 aromatic heterocycles. The zero-order chi connectivity index (χ0) is 20.3. The van der Waals surface area contributed by atoms with Crippen LogP contribution in [0.5, 0.6) is 0 Å². The second-order valence-electron chi connectivity index (χ2n) is 10.1. The molecule has 5 nitrogen and oxygen atoms in total. The van der Waals surface area contributed by atoms with Crippen molar-refractivity contribution < 1.29 is 4.79 Å². The molecule has 0 radical (unpaired) electrons. The molecule has 6 rings (SSSR count). The van der Waals surface area contributed by atoms with E-state index in [1.807, 2.05) is 0 Å². The van der Waals surface area contributed by atoms with Crippen LogP contribution in [-0.4, -0.2) is 26.7 Å². The van der Waals surface area contributed by atoms with E-state index in [0.717, 1.165) is 36.6 Å². The number of hydrogen-bond acceptors (Lipinski definition) is 3. The van der Waals surface area contributed by atoms with Crippen molar-refractivity contribution in [3.63, 3.8) is 0 Å². The first-order valence-corrected chi connectivity index (χ1v) is 12.1. The summed E-state index contributed by atoms with van der Waals surface area (Å²) in [5.41, 5.74) is 2.33. The second kappa shape index (κ2) is 6.93. The highest BCUT2D eigenvalue weighted by molar-refractivity contribution is 5.96. The molecule has 1 amide bonds. The molecule has 2 atom stereocenters. The molecule has 3 saturated carbocycles. The molecule has 2 heterocycles. The van der Waals surface area contributed by atoms with Crippen molar-refractivity contribution in [3.8, 4) is 11.4 Å². The average Bonchev–Trinajstić information content (AvgIpc) is 3.54. The summed E-state index contributed by atoms with van der Waals surface area (Å²) in [6.45, 7) is 2.12. The molecule has 0 saturated heterocycles. The number of anilines is 1. The topological polar surface area (TPSA) is 51.0 Å². The fraction of sp³-hybridized carbons (Fsp3) is 0.640. The first-order valence-electron chi connectivity index (χ1n) is 12.1. The van der Waals surface area contributed by atoms with E-state index in [0.29, 0.717) is 17.9 Å².